The summed E-state index contributed by atoms with van der Waals surface area (Å²) in [4.78, 5) is 4.70. The Labute approximate surface area is 162 Å². The van der Waals surface area contributed by atoms with Crippen molar-refractivity contribution in [2.24, 2.45) is 10.9 Å². The summed E-state index contributed by atoms with van der Waals surface area (Å²) in [6, 6.07) is 6.29. The van der Waals surface area contributed by atoms with Crippen molar-refractivity contribution >= 4 is 5.96 Å². The Bertz CT molecular complexity index is 638. The second kappa shape index (κ2) is 9.42. The number of hydrogen-bond acceptors (Lipinski definition) is 4. The van der Waals surface area contributed by atoms with Gasteiger partial charge in [-0.15, -0.1) is 0 Å². The molecule has 150 valence electrons. The molecule has 1 aromatic carbocycles. The Morgan fingerprint density at radius 2 is 2.07 bits per heavy atom. The first-order valence-corrected chi connectivity index (χ1v) is 10.1. The van der Waals surface area contributed by atoms with Crippen molar-refractivity contribution < 1.29 is 14.6 Å². The van der Waals surface area contributed by atoms with Crippen LogP contribution in [0, 0.1) is 12.8 Å². The van der Waals surface area contributed by atoms with Gasteiger partial charge in [-0.1, -0.05) is 12.1 Å². The molecule has 27 heavy (non-hydrogen) atoms. The van der Waals surface area contributed by atoms with Gasteiger partial charge in [-0.2, -0.15) is 0 Å². The highest BCUT2D eigenvalue weighted by Gasteiger charge is 2.29. The van der Waals surface area contributed by atoms with Crippen LogP contribution in [0.25, 0.3) is 0 Å². The molecule has 2 fully saturated rings. The largest absolute Gasteiger partial charge is 0.493 e. The molecule has 1 heterocycles. The van der Waals surface area contributed by atoms with Crippen LogP contribution in [0.4, 0.5) is 0 Å². The van der Waals surface area contributed by atoms with Crippen LogP contribution >= 0.6 is 0 Å². The van der Waals surface area contributed by atoms with Gasteiger partial charge in [0.2, 0.25) is 0 Å². The Hall–Kier alpha value is -1.79. The van der Waals surface area contributed by atoms with Gasteiger partial charge >= 0.3 is 0 Å². The van der Waals surface area contributed by atoms with Crippen molar-refractivity contribution in [3.05, 3.63) is 29.3 Å². The summed E-state index contributed by atoms with van der Waals surface area (Å²) in [5.74, 6) is 2.37. The van der Waals surface area contributed by atoms with Crippen LogP contribution in [0.15, 0.2) is 23.2 Å². The standard InChI is InChI=1S/C21H33N3O3/c1-3-22-20(24-15-21(25)8-10-26-11-9-21)23-13-18-7-4-16(2)12-19(18)27-14-17-5-6-17/h4,7,12,17,25H,3,5-6,8-11,13-15H2,1-2H3,(H2,22,23,24). The monoisotopic (exact) mass is 375 g/mol. The minimum atomic E-state index is -0.725. The zero-order valence-corrected chi connectivity index (χ0v) is 16.6. The van der Waals surface area contributed by atoms with Gasteiger partial charge in [0, 0.05) is 44.7 Å². The Balaban J connectivity index is 1.61. The number of aliphatic imine (C=N–C) groups is 1. The maximum absolute atomic E-state index is 10.6. The second-order valence-electron chi connectivity index (χ2n) is 7.75. The van der Waals surface area contributed by atoms with Gasteiger partial charge in [0.15, 0.2) is 5.96 Å². The van der Waals surface area contributed by atoms with E-state index in [1.165, 1.54) is 18.4 Å². The number of aliphatic hydroxyl groups is 1. The van der Waals surface area contributed by atoms with Crippen molar-refractivity contribution in [2.75, 3.05) is 32.9 Å². The molecular formula is C21H33N3O3. The minimum absolute atomic E-state index is 0.473. The summed E-state index contributed by atoms with van der Waals surface area (Å²) in [7, 11) is 0. The maximum atomic E-state index is 10.6. The average Bonchev–Trinajstić information content (AvgIpc) is 3.48. The molecular weight excluding hydrogens is 342 g/mol. The van der Waals surface area contributed by atoms with Crippen LogP contribution in [-0.2, 0) is 11.3 Å². The summed E-state index contributed by atoms with van der Waals surface area (Å²) in [6.07, 6.45) is 3.86. The Morgan fingerprint density at radius 3 is 2.78 bits per heavy atom. The molecule has 6 heteroatoms. The van der Waals surface area contributed by atoms with Crippen LogP contribution in [0.2, 0.25) is 0 Å². The number of ether oxygens (including phenoxy) is 2. The zero-order chi connectivity index (χ0) is 19.1. The highest BCUT2D eigenvalue weighted by molar-refractivity contribution is 5.79. The molecule has 1 aliphatic heterocycles. The molecule has 0 bridgehead atoms. The molecule has 2 aliphatic rings. The molecule has 0 atom stereocenters. The fourth-order valence-corrected chi connectivity index (χ4v) is 3.10. The van der Waals surface area contributed by atoms with E-state index in [2.05, 4.69) is 35.8 Å². The number of hydrogen-bond donors (Lipinski definition) is 3. The van der Waals surface area contributed by atoms with Crippen molar-refractivity contribution in [3.8, 4) is 5.75 Å². The quantitative estimate of drug-likeness (QED) is 0.480. The van der Waals surface area contributed by atoms with E-state index in [1.54, 1.807) is 0 Å². The van der Waals surface area contributed by atoms with Gasteiger partial charge in [0.1, 0.15) is 5.75 Å². The number of nitrogens with one attached hydrogen (secondary N) is 2. The summed E-state index contributed by atoms with van der Waals surface area (Å²) >= 11 is 0. The van der Waals surface area contributed by atoms with Crippen molar-refractivity contribution in [1.82, 2.24) is 10.6 Å². The van der Waals surface area contributed by atoms with E-state index in [4.69, 9.17) is 14.5 Å². The normalized spacial score (nSPS) is 19.6. The molecule has 0 spiro atoms. The molecule has 0 unspecified atom stereocenters. The summed E-state index contributed by atoms with van der Waals surface area (Å²) in [6.45, 7) is 7.92. The van der Waals surface area contributed by atoms with E-state index in [1.807, 2.05) is 6.92 Å². The molecule has 6 nitrogen and oxygen atoms in total. The molecule has 0 aromatic heterocycles. The molecule has 1 aromatic rings. The fraction of sp³-hybridized carbons (Fsp3) is 0.667. The number of aryl methyl sites for hydroxylation is 1. The van der Waals surface area contributed by atoms with E-state index in [0.717, 1.165) is 30.4 Å². The third-order valence-electron chi connectivity index (χ3n) is 5.15. The summed E-state index contributed by atoms with van der Waals surface area (Å²) < 4.78 is 11.4. The third kappa shape index (κ3) is 6.40. The number of nitrogens with zero attached hydrogens (tertiary/aromatic N) is 1. The Morgan fingerprint density at radius 1 is 1.30 bits per heavy atom. The van der Waals surface area contributed by atoms with Crippen LogP contribution in [0.5, 0.6) is 5.75 Å². The zero-order valence-electron chi connectivity index (χ0n) is 16.6. The average molecular weight is 376 g/mol. The van der Waals surface area contributed by atoms with E-state index in [9.17, 15) is 5.11 Å². The summed E-state index contributed by atoms with van der Waals surface area (Å²) in [5.41, 5.74) is 1.56. The van der Waals surface area contributed by atoms with Gasteiger partial charge in [0.25, 0.3) is 0 Å². The van der Waals surface area contributed by atoms with Gasteiger partial charge in [-0.25, -0.2) is 4.99 Å². The number of benzene rings is 1. The topological polar surface area (TPSA) is 75.1 Å². The fourth-order valence-electron chi connectivity index (χ4n) is 3.10. The molecule has 0 radical (unpaired) electrons. The summed E-state index contributed by atoms with van der Waals surface area (Å²) in [5, 5.41) is 17.2. The Kier molecular flexibility index (Phi) is 6.96. The molecule has 1 saturated heterocycles. The molecule has 3 rings (SSSR count). The molecule has 1 aliphatic carbocycles. The lowest BCUT2D eigenvalue weighted by Gasteiger charge is -2.32. The van der Waals surface area contributed by atoms with Crippen molar-refractivity contribution in [1.29, 1.82) is 0 Å². The van der Waals surface area contributed by atoms with E-state index in [-0.39, 0.29) is 0 Å². The number of rotatable bonds is 8. The highest BCUT2D eigenvalue weighted by Crippen LogP contribution is 2.31. The van der Waals surface area contributed by atoms with Gasteiger partial charge < -0.3 is 25.2 Å². The van der Waals surface area contributed by atoms with Gasteiger partial charge in [-0.3, -0.25) is 0 Å². The lowest BCUT2D eigenvalue weighted by atomic mass is 9.94. The molecule has 1 saturated carbocycles. The maximum Gasteiger partial charge on any atom is 0.191 e. The minimum Gasteiger partial charge on any atom is -0.493 e. The first-order valence-electron chi connectivity index (χ1n) is 10.1. The third-order valence-corrected chi connectivity index (χ3v) is 5.15. The van der Waals surface area contributed by atoms with E-state index in [0.29, 0.717) is 45.1 Å². The van der Waals surface area contributed by atoms with Gasteiger partial charge in [-0.05, 0) is 44.2 Å². The van der Waals surface area contributed by atoms with Crippen LogP contribution in [0.1, 0.15) is 43.7 Å². The van der Waals surface area contributed by atoms with E-state index < -0.39 is 5.60 Å². The van der Waals surface area contributed by atoms with E-state index >= 15 is 0 Å². The first kappa shape index (κ1) is 20.0. The first-order chi connectivity index (χ1) is 13.1. The lowest BCUT2D eigenvalue weighted by Crippen LogP contribution is -2.49. The highest BCUT2D eigenvalue weighted by atomic mass is 16.5. The molecule has 3 N–H and O–H groups in total. The SMILES string of the molecule is CCNC(=NCc1ccc(C)cc1OCC1CC1)NCC1(O)CCOCC1. The van der Waals surface area contributed by atoms with Crippen molar-refractivity contribution in [3.63, 3.8) is 0 Å². The lowest BCUT2D eigenvalue weighted by molar-refractivity contribution is -0.0594. The molecule has 0 amide bonds. The van der Waals surface area contributed by atoms with Crippen molar-refractivity contribution in [2.45, 2.75) is 51.7 Å². The second-order valence-corrected chi connectivity index (χ2v) is 7.75. The van der Waals surface area contributed by atoms with Crippen LogP contribution in [0.3, 0.4) is 0 Å². The van der Waals surface area contributed by atoms with Crippen LogP contribution in [-0.4, -0.2) is 49.6 Å². The smallest absolute Gasteiger partial charge is 0.191 e. The predicted molar refractivity (Wildman–Crippen MR) is 107 cm³/mol. The van der Waals surface area contributed by atoms with Gasteiger partial charge in [0.05, 0.1) is 18.8 Å². The predicted octanol–water partition coefficient (Wildman–Crippen LogP) is 2.38. The number of guanidine groups is 1. The van der Waals surface area contributed by atoms with Crippen LogP contribution < -0.4 is 15.4 Å².